The van der Waals surface area contributed by atoms with Crippen LogP contribution in [0.3, 0.4) is 0 Å². The summed E-state index contributed by atoms with van der Waals surface area (Å²) >= 11 is 9.89. The highest BCUT2D eigenvalue weighted by Gasteiger charge is 2.28. The first-order chi connectivity index (χ1) is 20.3. The monoisotopic (exact) mass is 667 g/mol. The average Bonchev–Trinajstić information content (AvgIpc) is 3.39. The third-order valence-corrected chi connectivity index (χ3v) is 9.07. The van der Waals surface area contributed by atoms with Crippen LogP contribution in [0.5, 0.6) is 5.75 Å². The molecular formula is C33H39BrClN5O3. The number of ether oxygens (including phenoxy) is 1. The van der Waals surface area contributed by atoms with Gasteiger partial charge in [0.25, 0.3) is 11.8 Å². The van der Waals surface area contributed by atoms with E-state index in [9.17, 15) is 9.59 Å². The summed E-state index contributed by atoms with van der Waals surface area (Å²) < 4.78 is 8.43. The van der Waals surface area contributed by atoms with Crippen LogP contribution in [0.25, 0.3) is 11.0 Å². The van der Waals surface area contributed by atoms with Crippen molar-refractivity contribution in [3.8, 4) is 5.75 Å². The maximum atomic E-state index is 13.2. The van der Waals surface area contributed by atoms with E-state index in [1.165, 1.54) is 10.2 Å². The molecule has 1 aromatic heterocycles. The smallest absolute Gasteiger partial charge is 0.265 e. The van der Waals surface area contributed by atoms with Crippen LogP contribution < -0.4 is 15.4 Å². The quantitative estimate of drug-likeness (QED) is 0.157. The fourth-order valence-electron chi connectivity index (χ4n) is 4.53. The van der Waals surface area contributed by atoms with E-state index >= 15 is 0 Å². The fourth-order valence-corrected chi connectivity index (χ4v) is 5.08. The Bertz CT molecular complexity index is 1630. The standard InChI is InChI=1S/C33H39BrClN5O3/c1-8-32(4,5)21-13-16-28(25(17-21)33(6,7)9-2)43-20(3)30(41)36-23-11-10-12-24(19-23)37-31(42)29(35)40-27-18-22(34)14-15-26(27)38-39-40/h10-20,29H,8-9H2,1-7H3,(H,36,41)(H,37,42). The third kappa shape index (κ3) is 7.39. The summed E-state index contributed by atoms with van der Waals surface area (Å²) in [7, 11) is 0. The Morgan fingerprint density at radius 3 is 2.23 bits per heavy atom. The van der Waals surface area contributed by atoms with E-state index in [2.05, 4.69) is 90.6 Å². The van der Waals surface area contributed by atoms with Crippen LogP contribution >= 0.6 is 27.5 Å². The molecule has 2 atom stereocenters. The first-order valence-electron chi connectivity index (χ1n) is 14.4. The predicted octanol–water partition coefficient (Wildman–Crippen LogP) is 8.35. The summed E-state index contributed by atoms with van der Waals surface area (Å²) in [6.07, 6.45) is 1.17. The molecule has 2 unspecified atom stereocenters. The molecule has 1 heterocycles. The van der Waals surface area contributed by atoms with Crippen molar-refractivity contribution >= 4 is 61.8 Å². The normalized spacial score (nSPS) is 13.4. The number of fused-ring (bicyclic) bond motifs is 1. The molecule has 0 saturated carbocycles. The average molecular weight is 669 g/mol. The molecule has 0 aliphatic carbocycles. The lowest BCUT2D eigenvalue weighted by Crippen LogP contribution is -2.31. The summed E-state index contributed by atoms with van der Waals surface area (Å²) in [5, 5.41) is 13.8. The second-order valence-corrected chi connectivity index (χ2v) is 13.3. The highest BCUT2D eigenvalue weighted by molar-refractivity contribution is 9.10. The van der Waals surface area contributed by atoms with Gasteiger partial charge in [0.15, 0.2) is 6.10 Å². The highest BCUT2D eigenvalue weighted by Crippen LogP contribution is 2.39. The summed E-state index contributed by atoms with van der Waals surface area (Å²) in [6, 6.07) is 18.6. The second kappa shape index (κ2) is 13.1. The minimum absolute atomic E-state index is 0.0320. The maximum absolute atomic E-state index is 13.2. The summed E-state index contributed by atoms with van der Waals surface area (Å²) in [5.74, 6) is -0.0991. The first kappa shape index (κ1) is 32.5. The largest absolute Gasteiger partial charge is 0.481 e. The molecular weight excluding hydrogens is 630 g/mol. The topological polar surface area (TPSA) is 98.1 Å². The number of nitrogens with one attached hydrogen (secondary N) is 2. The van der Waals surface area contributed by atoms with Crippen molar-refractivity contribution in [2.24, 2.45) is 0 Å². The van der Waals surface area contributed by atoms with Crippen LogP contribution in [0.1, 0.15) is 77.9 Å². The molecule has 0 aliphatic heterocycles. The number of amides is 2. The van der Waals surface area contributed by atoms with Crippen molar-refractivity contribution in [2.45, 2.75) is 83.7 Å². The van der Waals surface area contributed by atoms with Crippen LogP contribution in [0.4, 0.5) is 11.4 Å². The zero-order valence-electron chi connectivity index (χ0n) is 25.7. The van der Waals surface area contributed by atoms with Crippen molar-refractivity contribution in [3.05, 3.63) is 76.3 Å². The van der Waals surface area contributed by atoms with Crippen molar-refractivity contribution < 1.29 is 14.3 Å². The molecule has 4 rings (SSSR count). The molecule has 10 heteroatoms. The number of hydrogen-bond donors (Lipinski definition) is 2. The molecule has 2 N–H and O–H groups in total. The number of anilines is 2. The zero-order chi connectivity index (χ0) is 31.5. The van der Waals surface area contributed by atoms with Crippen LogP contribution in [-0.4, -0.2) is 32.9 Å². The lowest BCUT2D eigenvalue weighted by atomic mass is 9.76. The van der Waals surface area contributed by atoms with Gasteiger partial charge in [-0.1, -0.05) is 92.5 Å². The van der Waals surface area contributed by atoms with Gasteiger partial charge >= 0.3 is 0 Å². The number of carbonyl (C=O) groups is 2. The minimum Gasteiger partial charge on any atom is -0.481 e. The van der Waals surface area contributed by atoms with Gasteiger partial charge in [0.05, 0.1) is 5.52 Å². The number of halogens is 2. The van der Waals surface area contributed by atoms with Gasteiger partial charge in [0.1, 0.15) is 11.3 Å². The second-order valence-electron chi connectivity index (χ2n) is 12.0. The highest BCUT2D eigenvalue weighted by atomic mass is 79.9. The van der Waals surface area contributed by atoms with Crippen LogP contribution in [0, 0.1) is 0 Å². The minimum atomic E-state index is -1.14. The Hall–Kier alpha value is -3.43. The number of aromatic nitrogens is 3. The molecule has 43 heavy (non-hydrogen) atoms. The Morgan fingerprint density at radius 2 is 1.58 bits per heavy atom. The maximum Gasteiger partial charge on any atom is 0.265 e. The lowest BCUT2D eigenvalue weighted by Gasteiger charge is -2.31. The van der Waals surface area contributed by atoms with Crippen molar-refractivity contribution in [1.82, 2.24) is 15.0 Å². The van der Waals surface area contributed by atoms with E-state index in [0.717, 1.165) is 22.9 Å². The van der Waals surface area contributed by atoms with Gasteiger partial charge in [-0.25, -0.2) is 4.68 Å². The molecule has 0 aliphatic rings. The molecule has 8 nitrogen and oxygen atoms in total. The molecule has 0 fully saturated rings. The molecule has 0 spiro atoms. The van der Waals surface area contributed by atoms with Crippen LogP contribution in [0.2, 0.25) is 0 Å². The van der Waals surface area contributed by atoms with E-state index in [1.807, 2.05) is 12.1 Å². The molecule has 2 amide bonds. The summed E-state index contributed by atoms with van der Waals surface area (Å²) in [6.45, 7) is 14.9. The summed E-state index contributed by atoms with van der Waals surface area (Å²) in [5.41, 5.74) is 3.31. The van der Waals surface area contributed by atoms with E-state index in [1.54, 1.807) is 43.3 Å². The SMILES string of the molecule is CCC(C)(C)c1ccc(OC(C)C(=O)Nc2cccc(NC(=O)C(Cl)n3nnc4ccc(Br)cc43)c2)c(C(C)(C)CC)c1. The zero-order valence-corrected chi connectivity index (χ0v) is 28.0. The van der Waals surface area contributed by atoms with E-state index < -0.39 is 17.5 Å². The van der Waals surface area contributed by atoms with Gasteiger partial charge in [-0.2, -0.15) is 0 Å². The number of hydrogen-bond acceptors (Lipinski definition) is 5. The first-order valence-corrected chi connectivity index (χ1v) is 15.7. The number of rotatable bonds is 11. The van der Waals surface area contributed by atoms with Gasteiger partial charge < -0.3 is 15.4 Å². The summed E-state index contributed by atoms with van der Waals surface area (Å²) in [4.78, 5) is 26.2. The molecule has 0 radical (unpaired) electrons. The lowest BCUT2D eigenvalue weighted by molar-refractivity contribution is -0.122. The van der Waals surface area contributed by atoms with Gasteiger partial charge in [0, 0.05) is 21.4 Å². The van der Waals surface area contributed by atoms with Crippen LogP contribution in [0.15, 0.2) is 65.1 Å². The van der Waals surface area contributed by atoms with Gasteiger partial charge in [-0.15, -0.1) is 5.10 Å². The van der Waals surface area contributed by atoms with E-state index in [0.29, 0.717) is 28.2 Å². The fraction of sp³-hybridized carbons (Fsp3) is 0.394. The van der Waals surface area contributed by atoms with Gasteiger partial charge in [-0.05, 0) is 78.6 Å². The Kier molecular flexibility index (Phi) is 9.86. The van der Waals surface area contributed by atoms with E-state index in [4.69, 9.17) is 16.3 Å². The third-order valence-electron chi connectivity index (χ3n) is 8.19. The predicted molar refractivity (Wildman–Crippen MR) is 177 cm³/mol. The van der Waals surface area contributed by atoms with Crippen molar-refractivity contribution in [3.63, 3.8) is 0 Å². The van der Waals surface area contributed by atoms with E-state index in [-0.39, 0.29) is 16.7 Å². The van der Waals surface area contributed by atoms with Crippen molar-refractivity contribution in [1.29, 1.82) is 0 Å². The number of alkyl halides is 1. The molecule has 0 saturated heterocycles. The molecule has 228 valence electrons. The van der Waals surface area contributed by atoms with Crippen LogP contribution in [-0.2, 0) is 20.4 Å². The molecule has 0 bridgehead atoms. The Labute approximate surface area is 266 Å². The van der Waals surface area contributed by atoms with Gasteiger partial charge in [0.2, 0.25) is 5.50 Å². The number of nitrogens with zero attached hydrogens (tertiary/aromatic N) is 3. The molecule has 3 aromatic carbocycles. The number of carbonyl (C=O) groups excluding carboxylic acids is 2. The van der Waals surface area contributed by atoms with Crippen molar-refractivity contribution in [2.75, 3.05) is 10.6 Å². The molecule has 4 aromatic rings. The Morgan fingerprint density at radius 1 is 0.930 bits per heavy atom. The number of benzene rings is 3. The Balaban J connectivity index is 1.46. The van der Waals surface area contributed by atoms with Gasteiger partial charge in [-0.3, -0.25) is 9.59 Å².